The second-order valence-electron chi connectivity index (χ2n) is 5.19. The number of rotatable bonds is 3. The van der Waals surface area contributed by atoms with Gasteiger partial charge in [-0.2, -0.15) is 0 Å². The van der Waals surface area contributed by atoms with Crippen LogP contribution < -0.4 is 16.4 Å². The van der Waals surface area contributed by atoms with E-state index in [9.17, 15) is 9.59 Å². The molecule has 1 atom stereocenters. The highest BCUT2D eigenvalue weighted by Crippen LogP contribution is 2.40. The number of carbonyl (C=O) groups excluding carboxylic acids is 2. The molecule has 2 rings (SSSR count). The van der Waals surface area contributed by atoms with Crippen molar-refractivity contribution >= 4 is 33.9 Å². The van der Waals surface area contributed by atoms with Crippen LogP contribution in [0.3, 0.4) is 0 Å². The first kappa shape index (κ1) is 15.6. The van der Waals surface area contributed by atoms with E-state index in [2.05, 4.69) is 16.7 Å². The summed E-state index contributed by atoms with van der Waals surface area (Å²) < 4.78 is 4.80. The number of hydrogen-bond acceptors (Lipinski definition) is 7. The molecule has 1 aromatic heterocycles. The third-order valence-electron chi connectivity index (χ3n) is 3.63. The van der Waals surface area contributed by atoms with E-state index >= 15 is 0 Å². The molecule has 1 unspecified atom stereocenters. The number of likely N-dealkylation sites (N-methyl/N-ethyl adjacent to an activating group) is 1. The van der Waals surface area contributed by atoms with Gasteiger partial charge in [-0.1, -0.05) is 0 Å². The van der Waals surface area contributed by atoms with Gasteiger partial charge in [0.15, 0.2) is 0 Å². The van der Waals surface area contributed by atoms with Crippen LogP contribution in [-0.4, -0.2) is 56.6 Å². The number of anilines is 2. The van der Waals surface area contributed by atoms with Gasteiger partial charge in [-0.3, -0.25) is 4.79 Å². The number of esters is 1. The van der Waals surface area contributed by atoms with Gasteiger partial charge in [-0.25, -0.2) is 4.79 Å². The zero-order chi connectivity index (χ0) is 15.7. The van der Waals surface area contributed by atoms with Gasteiger partial charge in [-0.15, -0.1) is 11.3 Å². The van der Waals surface area contributed by atoms with Crippen LogP contribution in [0, 0.1) is 0 Å². The van der Waals surface area contributed by atoms with Crippen molar-refractivity contribution in [3.63, 3.8) is 0 Å². The second kappa shape index (κ2) is 5.90. The molecule has 1 aromatic rings. The first-order valence-electron chi connectivity index (χ1n) is 6.62. The maximum absolute atomic E-state index is 12.0. The Morgan fingerprint density at radius 1 is 1.38 bits per heavy atom. The minimum Gasteiger partial charge on any atom is -0.465 e. The van der Waals surface area contributed by atoms with Crippen molar-refractivity contribution in [2.75, 3.05) is 44.4 Å². The van der Waals surface area contributed by atoms with Gasteiger partial charge in [0.2, 0.25) is 0 Å². The van der Waals surface area contributed by atoms with Gasteiger partial charge in [0.25, 0.3) is 5.91 Å². The summed E-state index contributed by atoms with van der Waals surface area (Å²) in [5, 5.41) is 0.661. The Balaban J connectivity index is 2.49. The first-order chi connectivity index (χ1) is 9.86. The summed E-state index contributed by atoms with van der Waals surface area (Å²) in [4.78, 5) is 28.0. The van der Waals surface area contributed by atoms with Gasteiger partial charge >= 0.3 is 5.97 Å². The normalized spacial score (nSPS) is 19.6. The number of ether oxygens (including phenoxy) is 1. The second-order valence-corrected chi connectivity index (χ2v) is 6.18. The number of nitrogens with two attached hydrogens (primary N) is 2. The lowest BCUT2D eigenvalue weighted by Gasteiger charge is -2.39. The highest BCUT2D eigenvalue weighted by molar-refractivity contribution is 7.19. The Labute approximate surface area is 127 Å². The number of carbonyl (C=O) groups is 2. The summed E-state index contributed by atoms with van der Waals surface area (Å²) in [6, 6.07) is 0.200. The smallest absolute Gasteiger partial charge is 0.343 e. The van der Waals surface area contributed by atoms with Crippen LogP contribution in [-0.2, 0) is 4.74 Å². The fourth-order valence-electron chi connectivity index (χ4n) is 2.56. The summed E-state index contributed by atoms with van der Waals surface area (Å²) in [5.74, 6) is -1.17. The number of nitrogen functional groups attached to an aromatic ring is 1. The summed E-state index contributed by atoms with van der Waals surface area (Å²) in [5.41, 5.74) is 11.6. The maximum atomic E-state index is 12.0. The SMILES string of the molecule is COC(=O)c1c(N2CCN(C)CC2C)sc(C(N)=O)c1N. The molecule has 1 fully saturated rings. The molecule has 7 nitrogen and oxygen atoms in total. The molecule has 0 radical (unpaired) electrons. The molecule has 1 saturated heterocycles. The average molecular weight is 312 g/mol. The molecule has 4 N–H and O–H groups in total. The molecule has 0 bridgehead atoms. The molecule has 0 saturated carbocycles. The summed E-state index contributed by atoms with van der Waals surface area (Å²) >= 11 is 1.16. The molecular formula is C13H20N4O3S. The highest BCUT2D eigenvalue weighted by atomic mass is 32.1. The lowest BCUT2D eigenvalue weighted by atomic mass is 10.1. The van der Waals surface area contributed by atoms with E-state index in [-0.39, 0.29) is 22.2 Å². The van der Waals surface area contributed by atoms with Crippen molar-refractivity contribution in [3.8, 4) is 0 Å². The van der Waals surface area contributed by atoms with E-state index < -0.39 is 11.9 Å². The van der Waals surface area contributed by atoms with Crippen molar-refractivity contribution in [1.29, 1.82) is 0 Å². The summed E-state index contributed by atoms with van der Waals surface area (Å²) in [7, 11) is 3.34. The molecule has 0 aliphatic carbocycles. The molecule has 0 spiro atoms. The molecule has 1 aliphatic rings. The average Bonchev–Trinajstić information content (AvgIpc) is 2.75. The van der Waals surface area contributed by atoms with Crippen LogP contribution in [0.1, 0.15) is 27.0 Å². The van der Waals surface area contributed by atoms with Gasteiger partial charge in [0, 0.05) is 25.7 Å². The number of amides is 1. The molecule has 1 amide bonds. The maximum Gasteiger partial charge on any atom is 0.343 e. The number of nitrogens with zero attached hydrogens (tertiary/aromatic N) is 2. The predicted octanol–water partition coefficient (Wildman–Crippen LogP) is 0.356. The third kappa shape index (κ3) is 2.81. The van der Waals surface area contributed by atoms with E-state index in [1.807, 2.05) is 7.05 Å². The predicted molar refractivity (Wildman–Crippen MR) is 82.9 cm³/mol. The largest absolute Gasteiger partial charge is 0.465 e. The highest BCUT2D eigenvalue weighted by Gasteiger charge is 2.32. The van der Waals surface area contributed by atoms with Crippen LogP contribution in [0.2, 0.25) is 0 Å². The van der Waals surface area contributed by atoms with Crippen molar-refractivity contribution in [3.05, 3.63) is 10.4 Å². The fourth-order valence-corrected chi connectivity index (χ4v) is 3.75. The molecular weight excluding hydrogens is 292 g/mol. The van der Waals surface area contributed by atoms with Gasteiger partial charge in [-0.05, 0) is 14.0 Å². The van der Waals surface area contributed by atoms with E-state index in [1.54, 1.807) is 0 Å². The van der Waals surface area contributed by atoms with Crippen LogP contribution >= 0.6 is 11.3 Å². The molecule has 116 valence electrons. The molecule has 0 aromatic carbocycles. The Morgan fingerprint density at radius 3 is 2.57 bits per heavy atom. The lowest BCUT2D eigenvalue weighted by molar-refractivity contribution is 0.0603. The number of primary amides is 1. The molecule has 21 heavy (non-hydrogen) atoms. The van der Waals surface area contributed by atoms with Crippen molar-refractivity contribution in [1.82, 2.24) is 4.90 Å². The zero-order valence-electron chi connectivity index (χ0n) is 12.4. The minimum atomic E-state index is -0.629. The van der Waals surface area contributed by atoms with Crippen LogP contribution in [0.15, 0.2) is 0 Å². The van der Waals surface area contributed by atoms with Gasteiger partial charge in [0.1, 0.15) is 15.4 Å². The molecule has 2 heterocycles. The van der Waals surface area contributed by atoms with Crippen molar-refractivity contribution < 1.29 is 14.3 Å². The standard InChI is InChI=1S/C13H20N4O3S/c1-7-6-16(2)4-5-17(7)12-8(13(19)20-3)9(14)10(21-12)11(15)18/h7H,4-6,14H2,1-3H3,(H2,15,18). The molecule has 8 heteroatoms. The summed E-state index contributed by atoms with van der Waals surface area (Å²) in [6.45, 7) is 4.55. The van der Waals surface area contributed by atoms with Crippen molar-refractivity contribution in [2.45, 2.75) is 13.0 Å². The monoisotopic (exact) mass is 312 g/mol. The Hall–Kier alpha value is -1.80. The van der Waals surface area contributed by atoms with E-state index in [0.717, 1.165) is 31.0 Å². The van der Waals surface area contributed by atoms with E-state index in [0.29, 0.717) is 5.00 Å². The quantitative estimate of drug-likeness (QED) is 0.781. The van der Waals surface area contributed by atoms with Gasteiger partial charge in [0.05, 0.1) is 12.8 Å². The van der Waals surface area contributed by atoms with Crippen LogP contribution in [0.4, 0.5) is 10.7 Å². The van der Waals surface area contributed by atoms with E-state index in [4.69, 9.17) is 16.2 Å². The Bertz CT molecular complexity index is 572. The fraction of sp³-hybridized carbons (Fsp3) is 0.538. The molecule has 1 aliphatic heterocycles. The topological polar surface area (TPSA) is 102 Å². The first-order valence-corrected chi connectivity index (χ1v) is 7.44. The minimum absolute atomic E-state index is 0.112. The van der Waals surface area contributed by atoms with E-state index in [1.165, 1.54) is 7.11 Å². The zero-order valence-corrected chi connectivity index (χ0v) is 13.2. The Morgan fingerprint density at radius 2 is 2.05 bits per heavy atom. The van der Waals surface area contributed by atoms with Crippen LogP contribution in [0.5, 0.6) is 0 Å². The number of piperazine rings is 1. The number of hydrogen-bond donors (Lipinski definition) is 2. The van der Waals surface area contributed by atoms with Crippen LogP contribution in [0.25, 0.3) is 0 Å². The number of methoxy groups -OCH3 is 1. The lowest BCUT2D eigenvalue weighted by Crippen LogP contribution is -2.50. The summed E-state index contributed by atoms with van der Waals surface area (Å²) in [6.07, 6.45) is 0. The Kier molecular flexibility index (Phi) is 4.38. The number of thiophene rings is 1. The third-order valence-corrected chi connectivity index (χ3v) is 4.89. The van der Waals surface area contributed by atoms with Crippen molar-refractivity contribution in [2.24, 2.45) is 5.73 Å². The van der Waals surface area contributed by atoms with Gasteiger partial charge < -0.3 is 26.0 Å².